The Bertz CT molecular complexity index is 805. The highest BCUT2D eigenvalue weighted by atomic mass is 16.5. The van der Waals surface area contributed by atoms with E-state index in [-0.39, 0.29) is 30.7 Å². The minimum absolute atomic E-state index is 0.0698. The van der Waals surface area contributed by atoms with Gasteiger partial charge in [-0.2, -0.15) is 0 Å². The third-order valence-electron chi connectivity index (χ3n) is 4.03. The molecule has 0 aromatic heterocycles. The summed E-state index contributed by atoms with van der Waals surface area (Å²) < 4.78 is 4.88. The number of benzene rings is 1. The summed E-state index contributed by atoms with van der Waals surface area (Å²) in [7, 11) is 0. The van der Waals surface area contributed by atoms with Gasteiger partial charge >= 0.3 is 5.97 Å². The van der Waals surface area contributed by atoms with Gasteiger partial charge in [-0.1, -0.05) is 12.1 Å². The van der Waals surface area contributed by atoms with E-state index in [1.54, 1.807) is 24.3 Å². The molecule has 0 spiro atoms. The molecule has 1 heterocycles. The van der Waals surface area contributed by atoms with Gasteiger partial charge in [-0.25, -0.2) is 0 Å². The Morgan fingerprint density at radius 2 is 1.67 bits per heavy atom. The number of rotatable bonds is 8. The summed E-state index contributed by atoms with van der Waals surface area (Å²) in [6.07, 6.45) is 0.137. The summed E-state index contributed by atoms with van der Waals surface area (Å²) in [5, 5.41) is 17.3. The number of imide groups is 1. The van der Waals surface area contributed by atoms with E-state index in [9.17, 15) is 24.3 Å². The fourth-order valence-corrected chi connectivity index (χ4v) is 2.80. The zero-order valence-electron chi connectivity index (χ0n) is 15.1. The molecule has 2 N–H and O–H groups in total. The molecule has 0 radical (unpaired) electrons. The van der Waals surface area contributed by atoms with Gasteiger partial charge in [-0.3, -0.25) is 24.1 Å². The molecule has 2 rings (SSSR count). The number of hydrogen-bond donors (Lipinski definition) is 2. The number of Topliss-reactive ketones (excluding diaryl/α,β-unsaturated/α-hetero) is 1. The maximum absolute atomic E-state index is 12.2. The Hall–Kier alpha value is -3.29. The summed E-state index contributed by atoms with van der Waals surface area (Å²) in [5.74, 6) is -2.41. The van der Waals surface area contributed by atoms with Gasteiger partial charge in [0.15, 0.2) is 5.78 Å². The van der Waals surface area contributed by atoms with E-state index in [2.05, 4.69) is 0 Å². The van der Waals surface area contributed by atoms with Crippen molar-refractivity contribution in [3.05, 3.63) is 46.7 Å². The van der Waals surface area contributed by atoms with E-state index in [4.69, 9.17) is 10.1 Å². The van der Waals surface area contributed by atoms with Gasteiger partial charge in [0.25, 0.3) is 11.8 Å². The molecule has 2 amide bonds. The predicted molar refractivity (Wildman–Crippen MR) is 95.7 cm³/mol. The number of nitrogens with zero attached hydrogens (tertiary/aromatic N) is 1. The molecule has 1 aromatic carbocycles. The molecule has 27 heavy (non-hydrogen) atoms. The number of ketones is 1. The smallest absolute Gasteiger partial charge is 0.306 e. The standard InChI is InChI=1S/C19H20N2O6/c1-11(20)17(12(2)22)15(23)10-27-16(24)8-5-9-21-18(25)13-6-3-4-7-14(13)19(21)26/h3-4,6-7,20,23H,5,8-10H2,1-2H3/b17-15+,20-11?. The lowest BCUT2D eigenvalue weighted by Crippen LogP contribution is -2.31. The number of aliphatic hydroxyl groups excluding tert-OH is 1. The maximum atomic E-state index is 12.2. The zero-order valence-corrected chi connectivity index (χ0v) is 15.1. The summed E-state index contributed by atoms with van der Waals surface area (Å²) in [4.78, 5) is 48.6. The Balaban J connectivity index is 1.85. The van der Waals surface area contributed by atoms with Gasteiger partial charge < -0.3 is 15.3 Å². The number of allylic oxidation sites excluding steroid dienone is 1. The third-order valence-corrected chi connectivity index (χ3v) is 4.03. The summed E-state index contributed by atoms with van der Waals surface area (Å²) >= 11 is 0. The lowest BCUT2D eigenvalue weighted by molar-refractivity contribution is -0.143. The van der Waals surface area contributed by atoms with Crippen molar-refractivity contribution >= 4 is 29.3 Å². The van der Waals surface area contributed by atoms with Crippen LogP contribution in [0.1, 0.15) is 47.4 Å². The van der Waals surface area contributed by atoms with Crippen molar-refractivity contribution < 1.29 is 29.0 Å². The highest BCUT2D eigenvalue weighted by molar-refractivity contribution is 6.21. The Morgan fingerprint density at radius 1 is 1.11 bits per heavy atom. The normalized spacial score (nSPS) is 13.9. The van der Waals surface area contributed by atoms with Crippen LogP contribution in [0, 0.1) is 5.41 Å². The molecule has 8 heteroatoms. The molecule has 1 aliphatic rings. The van der Waals surface area contributed by atoms with Crippen LogP contribution in [0.2, 0.25) is 0 Å². The average molecular weight is 372 g/mol. The first-order chi connectivity index (χ1) is 12.7. The first-order valence-corrected chi connectivity index (χ1v) is 8.33. The summed E-state index contributed by atoms with van der Waals surface area (Å²) in [6.45, 7) is 2.10. The van der Waals surface area contributed by atoms with Crippen molar-refractivity contribution in [2.24, 2.45) is 0 Å². The monoisotopic (exact) mass is 372 g/mol. The number of aliphatic hydroxyl groups is 1. The second-order valence-corrected chi connectivity index (χ2v) is 6.07. The third kappa shape index (κ3) is 4.46. The molecule has 0 saturated carbocycles. The molecule has 142 valence electrons. The van der Waals surface area contributed by atoms with E-state index in [0.717, 1.165) is 4.90 Å². The van der Waals surface area contributed by atoms with Crippen LogP contribution in [0.25, 0.3) is 0 Å². The number of ether oxygens (including phenoxy) is 1. The second kappa shape index (κ2) is 8.39. The Morgan fingerprint density at radius 3 is 2.15 bits per heavy atom. The zero-order chi connectivity index (χ0) is 20.1. The number of carbonyl (C=O) groups excluding carboxylic acids is 4. The number of amides is 2. The van der Waals surface area contributed by atoms with Crippen molar-refractivity contribution in [1.82, 2.24) is 4.90 Å². The molecule has 0 saturated heterocycles. The van der Waals surface area contributed by atoms with Gasteiger partial charge in [-0.05, 0) is 32.4 Å². The van der Waals surface area contributed by atoms with Crippen molar-refractivity contribution in [3.8, 4) is 0 Å². The van der Waals surface area contributed by atoms with E-state index in [1.807, 2.05) is 0 Å². The van der Waals surface area contributed by atoms with Crippen molar-refractivity contribution in [3.63, 3.8) is 0 Å². The van der Waals surface area contributed by atoms with Crippen LogP contribution in [0.4, 0.5) is 0 Å². The van der Waals surface area contributed by atoms with Gasteiger partial charge in [0.05, 0.1) is 16.7 Å². The summed E-state index contributed by atoms with van der Waals surface area (Å²) in [6, 6.07) is 6.51. The Kier molecular flexibility index (Phi) is 6.23. The number of carbonyl (C=O) groups is 4. The fraction of sp³-hybridized carbons (Fsp3) is 0.316. The van der Waals surface area contributed by atoms with Crippen LogP contribution in [-0.4, -0.2) is 52.4 Å². The molecular formula is C19H20N2O6. The number of nitrogens with one attached hydrogen (secondary N) is 1. The number of hydrogen-bond acceptors (Lipinski definition) is 7. The van der Waals surface area contributed by atoms with Gasteiger partial charge in [0.1, 0.15) is 12.4 Å². The minimum atomic E-state index is -0.649. The molecule has 0 unspecified atom stereocenters. The molecule has 0 fully saturated rings. The van der Waals surface area contributed by atoms with Crippen LogP contribution in [0.5, 0.6) is 0 Å². The van der Waals surface area contributed by atoms with Crippen LogP contribution in [0.15, 0.2) is 35.6 Å². The van der Waals surface area contributed by atoms with Crippen molar-refractivity contribution in [2.45, 2.75) is 26.7 Å². The first-order valence-electron chi connectivity index (χ1n) is 8.33. The second-order valence-electron chi connectivity index (χ2n) is 6.07. The highest BCUT2D eigenvalue weighted by Gasteiger charge is 2.34. The van der Waals surface area contributed by atoms with Crippen LogP contribution in [0.3, 0.4) is 0 Å². The molecule has 0 atom stereocenters. The van der Waals surface area contributed by atoms with Gasteiger partial charge in [-0.15, -0.1) is 0 Å². The average Bonchev–Trinajstić information content (AvgIpc) is 2.84. The highest BCUT2D eigenvalue weighted by Crippen LogP contribution is 2.22. The molecule has 8 nitrogen and oxygen atoms in total. The molecule has 0 aliphatic carbocycles. The van der Waals surface area contributed by atoms with Crippen LogP contribution < -0.4 is 0 Å². The van der Waals surface area contributed by atoms with Crippen LogP contribution >= 0.6 is 0 Å². The quantitative estimate of drug-likeness (QED) is 0.236. The maximum Gasteiger partial charge on any atom is 0.306 e. The largest absolute Gasteiger partial charge is 0.508 e. The SMILES string of the molecule is CC(=N)/C(C(C)=O)=C(\O)COC(=O)CCCN1C(=O)c2ccccc2C1=O. The topological polar surface area (TPSA) is 125 Å². The predicted octanol–water partition coefficient (Wildman–Crippen LogP) is 2.05. The van der Waals surface area contributed by atoms with Gasteiger partial charge in [0, 0.05) is 18.7 Å². The van der Waals surface area contributed by atoms with Gasteiger partial charge in [0.2, 0.25) is 0 Å². The van der Waals surface area contributed by atoms with Crippen LogP contribution in [-0.2, 0) is 14.3 Å². The summed E-state index contributed by atoms with van der Waals surface area (Å²) in [5.41, 5.74) is 0.383. The molecular weight excluding hydrogens is 352 g/mol. The molecule has 1 aliphatic heterocycles. The molecule has 0 bridgehead atoms. The fourth-order valence-electron chi connectivity index (χ4n) is 2.80. The van der Waals surface area contributed by atoms with E-state index in [1.165, 1.54) is 13.8 Å². The lowest BCUT2D eigenvalue weighted by Gasteiger charge is -2.13. The van der Waals surface area contributed by atoms with Crippen molar-refractivity contribution in [2.75, 3.05) is 13.2 Å². The lowest BCUT2D eigenvalue weighted by atomic mass is 10.1. The van der Waals surface area contributed by atoms with E-state index >= 15 is 0 Å². The number of fused-ring (bicyclic) bond motifs is 1. The number of esters is 1. The molecule has 1 aromatic rings. The van der Waals surface area contributed by atoms with Crippen molar-refractivity contribution in [1.29, 1.82) is 5.41 Å². The minimum Gasteiger partial charge on any atom is -0.508 e. The first kappa shape index (κ1) is 20.0. The van der Waals surface area contributed by atoms with E-state index in [0.29, 0.717) is 11.1 Å². The van der Waals surface area contributed by atoms with E-state index < -0.39 is 35.9 Å². The Labute approximate surface area is 155 Å².